The first-order chi connectivity index (χ1) is 8.22. The van der Waals surface area contributed by atoms with E-state index >= 15 is 0 Å². The molecule has 0 saturated carbocycles. The van der Waals surface area contributed by atoms with Crippen LogP contribution in [-0.2, 0) is 0 Å². The zero-order valence-corrected chi connectivity index (χ0v) is 12.9. The van der Waals surface area contributed by atoms with Crippen LogP contribution in [0, 0.1) is 25.2 Å². The van der Waals surface area contributed by atoms with Gasteiger partial charge in [-0.1, -0.05) is 0 Å². The highest BCUT2D eigenvalue weighted by molar-refractivity contribution is 5.85. The van der Waals surface area contributed by atoms with E-state index < -0.39 is 0 Å². The van der Waals surface area contributed by atoms with Crippen LogP contribution in [0.1, 0.15) is 29.5 Å². The second kappa shape index (κ2) is 8.44. The van der Waals surface area contributed by atoms with Crippen molar-refractivity contribution in [2.45, 2.75) is 26.3 Å². The summed E-state index contributed by atoms with van der Waals surface area (Å²) in [6.45, 7) is 7.95. The Kier molecular flexibility index (Phi) is 8.12. The standard InChI is InChI=1S/C13H19N3O.2ClH/c1-10-9-13(17-11(10)2)12(3-4-14)16-7-5-15-6-8-16;;/h9,12,15H,3,5-8H2,1-2H3;2*1H/t12-;;/m1../s1. The lowest BCUT2D eigenvalue weighted by molar-refractivity contribution is 0.156. The van der Waals surface area contributed by atoms with E-state index in [0.29, 0.717) is 6.42 Å². The molecule has 6 heteroatoms. The monoisotopic (exact) mass is 305 g/mol. The van der Waals surface area contributed by atoms with E-state index in [1.54, 1.807) is 0 Å². The molecule has 2 rings (SSSR count). The molecule has 1 saturated heterocycles. The highest BCUT2D eigenvalue weighted by Crippen LogP contribution is 2.27. The van der Waals surface area contributed by atoms with Crippen LogP contribution in [0.5, 0.6) is 0 Å². The quantitative estimate of drug-likeness (QED) is 0.932. The van der Waals surface area contributed by atoms with Crippen molar-refractivity contribution in [3.63, 3.8) is 0 Å². The van der Waals surface area contributed by atoms with E-state index in [4.69, 9.17) is 9.68 Å². The minimum absolute atomic E-state index is 0. The van der Waals surface area contributed by atoms with Gasteiger partial charge in [-0.3, -0.25) is 4.90 Å². The average Bonchev–Trinajstić information content (AvgIpc) is 2.67. The molecule has 4 nitrogen and oxygen atoms in total. The zero-order valence-electron chi connectivity index (χ0n) is 11.3. The summed E-state index contributed by atoms with van der Waals surface area (Å²) in [6, 6.07) is 4.45. The summed E-state index contributed by atoms with van der Waals surface area (Å²) in [5.41, 5.74) is 1.16. The maximum atomic E-state index is 8.97. The van der Waals surface area contributed by atoms with Crippen molar-refractivity contribution in [3.8, 4) is 6.07 Å². The van der Waals surface area contributed by atoms with Gasteiger partial charge in [-0.05, 0) is 25.5 Å². The summed E-state index contributed by atoms with van der Waals surface area (Å²) >= 11 is 0. The molecule has 0 aromatic carbocycles. The Balaban J connectivity index is 0.00000162. The largest absolute Gasteiger partial charge is 0.464 e. The molecule has 0 radical (unpaired) electrons. The molecule has 0 bridgehead atoms. The molecule has 0 spiro atoms. The first-order valence-corrected chi connectivity index (χ1v) is 6.11. The van der Waals surface area contributed by atoms with Gasteiger partial charge in [0.1, 0.15) is 11.5 Å². The van der Waals surface area contributed by atoms with Crippen LogP contribution in [0.4, 0.5) is 0 Å². The molecule has 1 fully saturated rings. The highest BCUT2D eigenvalue weighted by Gasteiger charge is 2.25. The van der Waals surface area contributed by atoms with E-state index in [0.717, 1.165) is 43.3 Å². The third-order valence-electron chi connectivity index (χ3n) is 3.39. The van der Waals surface area contributed by atoms with Gasteiger partial charge in [0, 0.05) is 26.2 Å². The fourth-order valence-electron chi connectivity index (χ4n) is 2.26. The summed E-state index contributed by atoms with van der Waals surface area (Å²) in [5.74, 6) is 1.89. The first-order valence-electron chi connectivity index (χ1n) is 6.11. The van der Waals surface area contributed by atoms with Crippen molar-refractivity contribution in [3.05, 3.63) is 23.2 Å². The molecule has 0 aliphatic carbocycles. The van der Waals surface area contributed by atoms with Gasteiger partial charge in [0.05, 0.1) is 18.5 Å². The van der Waals surface area contributed by atoms with Crippen molar-refractivity contribution < 1.29 is 4.42 Å². The number of nitriles is 1. The van der Waals surface area contributed by atoms with Crippen molar-refractivity contribution in [2.75, 3.05) is 26.2 Å². The van der Waals surface area contributed by atoms with E-state index in [9.17, 15) is 0 Å². The van der Waals surface area contributed by atoms with Crippen molar-refractivity contribution in [1.29, 1.82) is 5.26 Å². The molecular formula is C13H21Cl2N3O. The fourth-order valence-corrected chi connectivity index (χ4v) is 2.26. The Morgan fingerprint density at radius 3 is 2.47 bits per heavy atom. The minimum atomic E-state index is 0. The summed E-state index contributed by atoms with van der Waals surface area (Å²) in [7, 11) is 0. The fraction of sp³-hybridized carbons (Fsp3) is 0.615. The minimum Gasteiger partial charge on any atom is -0.464 e. The second-order valence-corrected chi connectivity index (χ2v) is 4.55. The SMILES string of the molecule is Cc1cc([C@@H](CC#N)N2CCNCC2)oc1C.Cl.Cl. The lowest BCUT2D eigenvalue weighted by atomic mass is 10.1. The van der Waals surface area contributed by atoms with Crippen LogP contribution in [0.3, 0.4) is 0 Å². The number of nitrogens with zero attached hydrogens (tertiary/aromatic N) is 2. The Hall–Kier alpha value is -0.730. The van der Waals surface area contributed by atoms with Crippen molar-refractivity contribution >= 4 is 24.8 Å². The summed E-state index contributed by atoms with van der Waals surface area (Å²) in [4.78, 5) is 2.33. The van der Waals surface area contributed by atoms with Gasteiger partial charge in [0.25, 0.3) is 0 Å². The molecule has 2 heterocycles. The number of hydrogen-bond acceptors (Lipinski definition) is 4. The Morgan fingerprint density at radius 2 is 2.00 bits per heavy atom. The Bertz CT molecular complexity index is 403. The third kappa shape index (κ3) is 4.39. The summed E-state index contributed by atoms with van der Waals surface area (Å²) in [5, 5.41) is 12.3. The molecular weight excluding hydrogens is 285 g/mol. The van der Waals surface area contributed by atoms with Gasteiger partial charge in [-0.2, -0.15) is 5.26 Å². The number of aryl methyl sites for hydroxylation is 2. The van der Waals surface area contributed by atoms with Crippen molar-refractivity contribution in [1.82, 2.24) is 10.2 Å². The van der Waals surface area contributed by atoms with Gasteiger partial charge in [-0.25, -0.2) is 0 Å². The topological polar surface area (TPSA) is 52.2 Å². The lowest BCUT2D eigenvalue weighted by Crippen LogP contribution is -2.45. The van der Waals surface area contributed by atoms with Gasteiger partial charge >= 0.3 is 0 Å². The molecule has 108 valence electrons. The van der Waals surface area contributed by atoms with Crippen molar-refractivity contribution in [2.24, 2.45) is 0 Å². The molecule has 19 heavy (non-hydrogen) atoms. The molecule has 1 aromatic heterocycles. The van der Waals surface area contributed by atoms with Gasteiger partial charge < -0.3 is 9.73 Å². The number of furan rings is 1. The van der Waals surface area contributed by atoms with Gasteiger partial charge in [0.15, 0.2) is 0 Å². The van der Waals surface area contributed by atoms with Crippen LogP contribution < -0.4 is 5.32 Å². The van der Waals surface area contributed by atoms with Crippen LogP contribution in [0.25, 0.3) is 0 Å². The molecule has 1 aromatic rings. The number of rotatable bonds is 3. The van der Waals surface area contributed by atoms with Crippen LogP contribution in [-0.4, -0.2) is 31.1 Å². The third-order valence-corrected chi connectivity index (χ3v) is 3.39. The van der Waals surface area contributed by atoms with Gasteiger partial charge in [0.2, 0.25) is 0 Å². The van der Waals surface area contributed by atoms with E-state index in [2.05, 4.69) is 22.4 Å². The second-order valence-electron chi connectivity index (χ2n) is 4.55. The Labute approximate surface area is 127 Å². The van der Waals surface area contributed by atoms with E-state index in [-0.39, 0.29) is 30.9 Å². The number of piperazine rings is 1. The first kappa shape index (κ1) is 18.3. The van der Waals surface area contributed by atoms with Crippen LogP contribution >= 0.6 is 24.8 Å². The van der Waals surface area contributed by atoms with E-state index in [1.807, 2.05) is 13.8 Å². The molecule has 1 atom stereocenters. The number of hydrogen-bond donors (Lipinski definition) is 1. The van der Waals surface area contributed by atoms with Crippen LogP contribution in [0.15, 0.2) is 10.5 Å². The zero-order chi connectivity index (χ0) is 12.3. The molecule has 1 aliphatic heterocycles. The van der Waals surface area contributed by atoms with Gasteiger partial charge in [-0.15, -0.1) is 24.8 Å². The normalized spacial score (nSPS) is 16.9. The smallest absolute Gasteiger partial charge is 0.122 e. The predicted molar refractivity (Wildman–Crippen MR) is 80.1 cm³/mol. The maximum Gasteiger partial charge on any atom is 0.122 e. The summed E-state index contributed by atoms with van der Waals surface area (Å²) < 4.78 is 5.77. The summed E-state index contributed by atoms with van der Waals surface area (Å²) in [6.07, 6.45) is 0.492. The highest BCUT2D eigenvalue weighted by atomic mass is 35.5. The van der Waals surface area contributed by atoms with Crippen LogP contribution in [0.2, 0.25) is 0 Å². The molecule has 1 N–H and O–H groups in total. The lowest BCUT2D eigenvalue weighted by Gasteiger charge is -2.32. The number of halogens is 2. The molecule has 0 unspecified atom stereocenters. The molecule has 0 amide bonds. The number of nitrogens with one attached hydrogen (secondary N) is 1. The van der Waals surface area contributed by atoms with E-state index in [1.165, 1.54) is 0 Å². The predicted octanol–water partition coefficient (Wildman–Crippen LogP) is 2.60. The maximum absolute atomic E-state index is 8.97. The molecule has 1 aliphatic rings. The Morgan fingerprint density at radius 1 is 1.37 bits per heavy atom. The average molecular weight is 306 g/mol.